The average molecular weight is 360 g/mol. The fourth-order valence-corrected chi connectivity index (χ4v) is 3.68. The molecule has 2 aromatic rings. The third-order valence-electron chi connectivity index (χ3n) is 4.15. The molecule has 1 aliphatic rings. The second-order valence-electron chi connectivity index (χ2n) is 6.54. The number of benzene rings is 1. The normalized spacial score (nSPS) is 18.8. The fourth-order valence-electron chi connectivity index (χ4n) is 2.80. The van der Waals surface area contributed by atoms with Gasteiger partial charge in [-0.05, 0) is 18.1 Å². The number of hydrogen-bond donors (Lipinski definition) is 3. The van der Waals surface area contributed by atoms with Crippen molar-refractivity contribution in [1.29, 1.82) is 0 Å². The molecule has 2 heterocycles. The van der Waals surface area contributed by atoms with Gasteiger partial charge in [0.25, 0.3) is 0 Å². The molecule has 3 N–H and O–H groups in total. The lowest BCUT2D eigenvalue weighted by Crippen LogP contribution is -2.34. The Bertz CT molecular complexity index is 859. The van der Waals surface area contributed by atoms with Gasteiger partial charge in [-0.1, -0.05) is 38.2 Å². The summed E-state index contributed by atoms with van der Waals surface area (Å²) in [5.74, 6) is -0.983. The summed E-state index contributed by atoms with van der Waals surface area (Å²) in [4.78, 5) is 27.3. The van der Waals surface area contributed by atoms with Gasteiger partial charge >= 0.3 is 5.97 Å². The molecule has 7 nitrogen and oxygen atoms in total. The molecule has 0 radical (unpaired) electrons. The Morgan fingerprint density at radius 1 is 1.44 bits per heavy atom. The minimum absolute atomic E-state index is 0.0414. The van der Waals surface area contributed by atoms with Crippen molar-refractivity contribution in [2.75, 3.05) is 5.32 Å². The number of hydrazone groups is 1. The summed E-state index contributed by atoms with van der Waals surface area (Å²) in [7, 11) is 0. The number of aliphatic carboxylic acids is 1. The molecular formula is C17H20N4O3S. The van der Waals surface area contributed by atoms with E-state index >= 15 is 0 Å². The maximum atomic E-state index is 11.4. The molecule has 1 amide bonds. The van der Waals surface area contributed by atoms with Crippen molar-refractivity contribution in [2.45, 2.75) is 33.2 Å². The molecule has 2 unspecified atom stereocenters. The molecule has 0 spiro atoms. The topological polar surface area (TPSA) is 104 Å². The lowest BCUT2D eigenvalue weighted by atomic mass is 9.94. The van der Waals surface area contributed by atoms with Crippen LogP contribution in [0.4, 0.5) is 5.13 Å². The third kappa shape index (κ3) is 3.63. The number of carboxylic acid groups (broad SMARTS) is 1. The van der Waals surface area contributed by atoms with Crippen LogP contribution in [0.1, 0.15) is 32.8 Å². The number of fused-ring (bicyclic) bond motifs is 1. The van der Waals surface area contributed by atoms with Gasteiger partial charge in [0.05, 0.1) is 15.9 Å². The number of carbonyl (C=O) groups is 2. The van der Waals surface area contributed by atoms with Crippen molar-refractivity contribution in [3.8, 4) is 0 Å². The lowest BCUT2D eigenvalue weighted by Gasteiger charge is -2.18. The Morgan fingerprint density at radius 3 is 2.84 bits per heavy atom. The van der Waals surface area contributed by atoms with E-state index in [1.54, 1.807) is 0 Å². The van der Waals surface area contributed by atoms with Crippen molar-refractivity contribution in [3.05, 3.63) is 23.8 Å². The Morgan fingerprint density at radius 2 is 2.20 bits per heavy atom. The summed E-state index contributed by atoms with van der Waals surface area (Å²) in [6, 6.07) is 5.14. The number of anilines is 1. The lowest BCUT2D eigenvalue weighted by molar-refractivity contribution is -0.138. The minimum atomic E-state index is -0.893. The second kappa shape index (κ2) is 6.79. The van der Waals surface area contributed by atoms with E-state index in [-0.39, 0.29) is 17.7 Å². The van der Waals surface area contributed by atoms with Crippen LogP contribution in [0.25, 0.3) is 10.2 Å². The van der Waals surface area contributed by atoms with E-state index in [1.807, 2.05) is 39.0 Å². The highest BCUT2D eigenvalue weighted by Crippen LogP contribution is 2.29. The predicted molar refractivity (Wildman–Crippen MR) is 98.0 cm³/mol. The molecule has 132 valence electrons. The monoisotopic (exact) mass is 360 g/mol. The summed E-state index contributed by atoms with van der Waals surface area (Å²) in [6.07, 6.45) is 0.412. The molecule has 2 atom stereocenters. The van der Waals surface area contributed by atoms with E-state index < -0.39 is 12.0 Å². The number of nitrogens with zero attached hydrogens (tertiary/aromatic N) is 2. The molecule has 1 aliphatic heterocycles. The number of rotatable bonds is 5. The van der Waals surface area contributed by atoms with Crippen LogP contribution in [-0.4, -0.2) is 33.7 Å². The zero-order valence-corrected chi connectivity index (χ0v) is 15.1. The Hall–Kier alpha value is -2.48. The van der Waals surface area contributed by atoms with Crippen LogP contribution >= 0.6 is 11.3 Å². The molecule has 8 heteroatoms. The number of amides is 1. The average Bonchev–Trinajstić information content (AvgIpc) is 2.93. The highest BCUT2D eigenvalue weighted by Gasteiger charge is 2.24. The van der Waals surface area contributed by atoms with Crippen LogP contribution in [0.15, 0.2) is 23.3 Å². The first kappa shape index (κ1) is 17.3. The van der Waals surface area contributed by atoms with E-state index in [0.717, 1.165) is 21.5 Å². The molecule has 0 saturated heterocycles. The number of hydrogen-bond acceptors (Lipinski definition) is 6. The van der Waals surface area contributed by atoms with Gasteiger partial charge in [-0.2, -0.15) is 5.10 Å². The highest BCUT2D eigenvalue weighted by molar-refractivity contribution is 7.22. The third-order valence-corrected chi connectivity index (χ3v) is 5.12. The van der Waals surface area contributed by atoms with Crippen molar-refractivity contribution >= 4 is 44.3 Å². The van der Waals surface area contributed by atoms with Crippen LogP contribution in [0.5, 0.6) is 0 Å². The molecule has 0 fully saturated rings. The number of nitrogens with one attached hydrogen (secondary N) is 2. The van der Waals surface area contributed by atoms with Crippen molar-refractivity contribution in [3.63, 3.8) is 0 Å². The van der Waals surface area contributed by atoms with Gasteiger partial charge in [0.1, 0.15) is 6.04 Å². The fraction of sp³-hybridized carbons (Fsp3) is 0.412. The van der Waals surface area contributed by atoms with Gasteiger partial charge in [0.15, 0.2) is 5.13 Å². The molecule has 1 aromatic carbocycles. The largest absolute Gasteiger partial charge is 0.480 e. The smallest absolute Gasteiger partial charge is 0.326 e. The van der Waals surface area contributed by atoms with Crippen LogP contribution in [0, 0.1) is 11.8 Å². The summed E-state index contributed by atoms with van der Waals surface area (Å²) < 4.78 is 0.965. The maximum absolute atomic E-state index is 11.4. The van der Waals surface area contributed by atoms with E-state index in [1.165, 1.54) is 11.3 Å². The van der Waals surface area contributed by atoms with Gasteiger partial charge in [0, 0.05) is 17.9 Å². The highest BCUT2D eigenvalue weighted by atomic mass is 32.1. The van der Waals surface area contributed by atoms with Crippen LogP contribution in [0.2, 0.25) is 0 Å². The van der Waals surface area contributed by atoms with Crippen molar-refractivity contribution < 1.29 is 14.7 Å². The Labute approximate surface area is 149 Å². The number of aromatic nitrogens is 1. The summed E-state index contributed by atoms with van der Waals surface area (Å²) in [5, 5.41) is 17.1. The van der Waals surface area contributed by atoms with Crippen LogP contribution in [0.3, 0.4) is 0 Å². The first-order chi connectivity index (χ1) is 11.8. The van der Waals surface area contributed by atoms with Crippen molar-refractivity contribution in [2.24, 2.45) is 16.9 Å². The molecule has 0 aliphatic carbocycles. The molecule has 0 bridgehead atoms. The maximum Gasteiger partial charge on any atom is 0.326 e. The molecular weight excluding hydrogens is 340 g/mol. The first-order valence-corrected chi connectivity index (χ1v) is 8.93. The Kier molecular flexibility index (Phi) is 4.71. The molecule has 0 saturated carbocycles. The number of carbonyl (C=O) groups excluding carboxylic acids is 1. The molecule has 3 rings (SSSR count). The van der Waals surface area contributed by atoms with Gasteiger partial charge in [-0.15, -0.1) is 0 Å². The van der Waals surface area contributed by atoms with Crippen molar-refractivity contribution in [1.82, 2.24) is 10.4 Å². The van der Waals surface area contributed by atoms with E-state index in [0.29, 0.717) is 11.6 Å². The zero-order chi connectivity index (χ0) is 18.1. The Balaban J connectivity index is 1.89. The summed E-state index contributed by atoms with van der Waals surface area (Å²) in [5.41, 5.74) is 5.04. The summed E-state index contributed by atoms with van der Waals surface area (Å²) >= 11 is 1.42. The minimum Gasteiger partial charge on any atom is -0.480 e. The van der Waals surface area contributed by atoms with Gasteiger partial charge < -0.3 is 10.4 Å². The van der Waals surface area contributed by atoms with Gasteiger partial charge in [-0.3, -0.25) is 4.79 Å². The first-order valence-electron chi connectivity index (χ1n) is 8.12. The predicted octanol–water partition coefficient (Wildman–Crippen LogP) is 2.68. The molecule has 25 heavy (non-hydrogen) atoms. The summed E-state index contributed by atoms with van der Waals surface area (Å²) in [6.45, 7) is 5.68. The standard InChI is InChI=1S/C17H20N4O3S/c1-8(2)14(16(23)24)19-17-18-11-7-10(4-5-12(11)25-17)15-9(3)6-13(22)20-21-15/h4-5,7-9,14H,6H2,1-3H3,(H,18,19)(H,20,22)(H,23,24). The number of carboxylic acids is 1. The van der Waals surface area contributed by atoms with Gasteiger partial charge in [0.2, 0.25) is 5.91 Å². The second-order valence-corrected chi connectivity index (χ2v) is 7.57. The van der Waals surface area contributed by atoms with Crippen LogP contribution < -0.4 is 10.7 Å². The number of thiazole rings is 1. The SMILES string of the molecule is CC1CC(=O)NN=C1c1ccc2sc(NC(C(=O)O)C(C)C)nc2c1. The molecule has 1 aromatic heterocycles. The van der Waals surface area contributed by atoms with E-state index in [2.05, 4.69) is 20.8 Å². The van der Waals surface area contributed by atoms with Crippen LogP contribution in [-0.2, 0) is 9.59 Å². The zero-order valence-electron chi connectivity index (χ0n) is 14.2. The van der Waals surface area contributed by atoms with E-state index in [4.69, 9.17) is 0 Å². The quantitative estimate of drug-likeness (QED) is 0.760. The van der Waals surface area contributed by atoms with E-state index in [9.17, 15) is 14.7 Å². The van der Waals surface area contributed by atoms with Gasteiger partial charge in [-0.25, -0.2) is 15.2 Å².